The molecule has 0 saturated heterocycles. The van der Waals surface area contributed by atoms with Crippen LogP contribution in [0.4, 0.5) is 4.79 Å². The molecule has 1 N–H and O–H groups in total. The van der Waals surface area contributed by atoms with Gasteiger partial charge in [-0.3, -0.25) is 0 Å². The average molecular weight is 528 g/mol. The number of carboxylic acid groups (broad SMARTS) is 1. The number of aryl methyl sites for hydroxylation is 2. The second-order valence-corrected chi connectivity index (χ2v) is 9.44. The molecule has 2 aromatic carbocycles. The number of carbonyl (C=O) groups is 2. The Kier molecular flexibility index (Phi) is 12.4. The minimum absolute atomic E-state index is 0.282. The zero-order chi connectivity index (χ0) is 27.2. The van der Waals surface area contributed by atoms with Crippen molar-refractivity contribution in [2.75, 3.05) is 39.5 Å². The highest BCUT2D eigenvalue weighted by atomic mass is 16.6. The summed E-state index contributed by atoms with van der Waals surface area (Å²) in [7, 11) is 0. The number of rotatable bonds is 17. The molecule has 1 aliphatic rings. The molecule has 0 radical (unpaired) electrons. The van der Waals surface area contributed by atoms with Gasteiger partial charge in [0.05, 0.1) is 13.2 Å². The predicted octanol–water partition coefficient (Wildman–Crippen LogP) is 5.29. The lowest BCUT2D eigenvalue weighted by atomic mass is 10.1. The van der Waals surface area contributed by atoms with Gasteiger partial charge in [0.1, 0.15) is 18.1 Å². The van der Waals surface area contributed by atoms with Gasteiger partial charge in [0.25, 0.3) is 0 Å². The predicted molar refractivity (Wildman–Crippen MR) is 145 cm³/mol. The van der Waals surface area contributed by atoms with Gasteiger partial charge in [-0.1, -0.05) is 38.0 Å². The fourth-order valence-electron chi connectivity index (χ4n) is 4.43. The van der Waals surface area contributed by atoms with E-state index >= 15 is 0 Å². The Bertz CT molecular complexity index is 1010. The summed E-state index contributed by atoms with van der Waals surface area (Å²) in [5.74, 6) is 0.223. The van der Waals surface area contributed by atoms with Gasteiger partial charge in [0.15, 0.2) is 6.10 Å². The Morgan fingerprint density at radius 3 is 2.39 bits per heavy atom. The molecule has 1 amide bonds. The first-order valence-electron chi connectivity index (χ1n) is 13.7. The van der Waals surface area contributed by atoms with E-state index in [9.17, 15) is 14.7 Å². The molecule has 1 atom stereocenters. The second kappa shape index (κ2) is 16.0. The zero-order valence-electron chi connectivity index (χ0n) is 22.7. The van der Waals surface area contributed by atoms with E-state index in [1.54, 1.807) is 24.0 Å². The van der Waals surface area contributed by atoms with E-state index in [0.717, 1.165) is 44.1 Å². The Balaban J connectivity index is 1.52. The number of hydrogen-bond donors (Lipinski definition) is 1. The molecule has 0 heterocycles. The molecule has 1 aliphatic carbocycles. The van der Waals surface area contributed by atoms with Gasteiger partial charge in [0, 0.05) is 26.2 Å². The molecular formula is C30H41NO7. The molecule has 1 unspecified atom stereocenters. The van der Waals surface area contributed by atoms with Crippen LogP contribution in [0.3, 0.4) is 0 Å². The molecule has 0 aliphatic heterocycles. The standard InChI is InChI=1S/C30H41NO7/c1-3-5-6-18-35-19-16-31(30(34)38-27-15-12-24-8-7-9-25(24)22-27)17-20-37-26-13-10-23(11-14-26)21-28(29(32)33)36-4-2/h10-15,22,28H,3-9,16-21H2,1-2H3,(H,32,33). The number of fused-ring (bicyclic) bond motifs is 1. The lowest BCUT2D eigenvalue weighted by molar-refractivity contribution is -0.149. The third-order valence-corrected chi connectivity index (χ3v) is 6.55. The molecule has 208 valence electrons. The van der Waals surface area contributed by atoms with Crippen molar-refractivity contribution >= 4 is 12.1 Å². The van der Waals surface area contributed by atoms with Gasteiger partial charge >= 0.3 is 12.1 Å². The number of carboxylic acids is 1. The van der Waals surface area contributed by atoms with Crippen molar-refractivity contribution in [1.29, 1.82) is 0 Å². The Labute approximate surface area is 225 Å². The van der Waals surface area contributed by atoms with Gasteiger partial charge in [-0.05, 0) is 73.6 Å². The molecule has 38 heavy (non-hydrogen) atoms. The smallest absolute Gasteiger partial charge is 0.415 e. The van der Waals surface area contributed by atoms with Gasteiger partial charge in [-0.15, -0.1) is 0 Å². The first-order chi connectivity index (χ1) is 18.5. The van der Waals surface area contributed by atoms with Crippen LogP contribution in [0.25, 0.3) is 0 Å². The van der Waals surface area contributed by atoms with E-state index in [2.05, 4.69) is 6.92 Å². The van der Waals surface area contributed by atoms with Crippen LogP contribution < -0.4 is 9.47 Å². The molecule has 8 nitrogen and oxygen atoms in total. The molecule has 0 bridgehead atoms. The number of hydrogen-bond acceptors (Lipinski definition) is 6. The summed E-state index contributed by atoms with van der Waals surface area (Å²) in [5, 5.41) is 9.28. The Morgan fingerprint density at radius 1 is 0.921 bits per heavy atom. The maximum absolute atomic E-state index is 13.0. The highest BCUT2D eigenvalue weighted by molar-refractivity contribution is 5.72. The monoisotopic (exact) mass is 527 g/mol. The molecule has 3 rings (SSSR count). The van der Waals surface area contributed by atoms with Crippen LogP contribution in [-0.2, 0) is 33.5 Å². The highest BCUT2D eigenvalue weighted by Crippen LogP contribution is 2.26. The van der Waals surface area contributed by atoms with Crippen LogP contribution in [0, 0.1) is 0 Å². The van der Waals surface area contributed by atoms with E-state index in [1.165, 1.54) is 11.1 Å². The molecule has 0 spiro atoms. The van der Waals surface area contributed by atoms with Crippen molar-refractivity contribution in [3.63, 3.8) is 0 Å². The second-order valence-electron chi connectivity index (χ2n) is 9.44. The summed E-state index contributed by atoms with van der Waals surface area (Å²) in [6.45, 7) is 6.41. The number of carbonyl (C=O) groups excluding carboxylic acids is 1. The number of benzene rings is 2. The summed E-state index contributed by atoms with van der Waals surface area (Å²) in [5.41, 5.74) is 3.43. The van der Waals surface area contributed by atoms with Crippen LogP contribution in [0.15, 0.2) is 42.5 Å². The van der Waals surface area contributed by atoms with E-state index in [0.29, 0.717) is 44.4 Å². The first-order valence-corrected chi connectivity index (χ1v) is 13.7. The molecular weight excluding hydrogens is 486 g/mol. The maximum Gasteiger partial charge on any atom is 0.415 e. The third-order valence-electron chi connectivity index (χ3n) is 6.55. The molecule has 0 fully saturated rings. The highest BCUT2D eigenvalue weighted by Gasteiger charge is 2.19. The van der Waals surface area contributed by atoms with Gasteiger partial charge in [-0.2, -0.15) is 0 Å². The average Bonchev–Trinajstić information content (AvgIpc) is 3.38. The number of unbranched alkanes of at least 4 members (excludes halogenated alkanes) is 2. The lowest BCUT2D eigenvalue weighted by Crippen LogP contribution is -2.39. The number of nitrogens with zero attached hydrogens (tertiary/aromatic N) is 1. The normalized spacial score (nSPS) is 13.1. The van der Waals surface area contributed by atoms with E-state index in [-0.39, 0.29) is 13.0 Å². The molecule has 0 aromatic heterocycles. The van der Waals surface area contributed by atoms with Crippen molar-refractivity contribution in [3.05, 3.63) is 59.2 Å². The van der Waals surface area contributed by atoms with E-state index < -0.39 is 18.2 Å². The fraction of sp³-hybridized carbons (Fsp3) is 0.533. The van der Waals surface area contributed by atoms with Gasteiger partial charge < -0.3 is 29.0 Å². The van der Waals surface area contributed by atoms with Crippen molar-refractivity contribution < 1.29 is 33.6 Å². The quantitative estimate of drug-likeness (QED) is 0.279. The van der Waals surface area contributed by atoms with Crippen molar-refractivity contribution in [3.8, 4) is 11.5 Å². The zero-order valence-corrected chi connectivity index (χ0v) is 22.7. The molecule has 2 aromatic rings. The van der Waals surface area contributed by atoms with Crippen LogP contribution in [0.5, 0.6) is 11.5 Å². The van der Waals surface area contributed by atoms with Gasteiger partial charge in [0.2, 0.25) is 0 Å². The van der Waals surface area contributed by atoms with Crippen molar-refractivity contribution in [1.82, 2.24) is 4.90 Å². The topological polar surface area (TPSA) is 94.5 Å². The minimum Gasteiger partial charge on any atom is -0.492 e. The largest absolute Gasteiger partial charge is 0.492 e. The SMILES string of the molecule is CCCCCOCCN(CCOc1ccc(CC(OCC)C(=O)O)cc1)C(=O)Oc1ccc2c(c1)CCC2. The Hall–Kier alpha value is -3.10. The first kappa shape index (κ1) is 29.5. The third kappa shape index (κ3) is 9.65. The minimum atomic E-state index is -0.978. The van der Waals surface area contributed by atoms with Crippen molar-refractivity contribution in [2.45, 2.75) is 64.9 Å². The summed E-state index contributed by atoms with van der Waals surface area (Å²) in [6, 6.07) is 13.1. The van der Waals surface area contributed by atoms with Crippen LogP contribution in [0.1, 0.15) is 56.2 Å². The Morgan fingerprint density at radius 2 is 1.66 bits per heavy atom. The molecule has 0 saturated carbocycles. The van der Waals surface area contributed by atoms with Crippen molar-refractivity contribution in [2.24, 2.45) is 0 Å². The molecule has 8 heteroatoms. The summed E-state index contributed by atoms with van der Waals surface area (Å²) >= 11 is 0. The maximum atomic E-state index is 13.0. The van der Waals surface area contributed by atoms with E-state index in [1.807, 2.05) is 30.3 Å². The van der Waals surface area contributed by atoms with Crippen LogP contribution in [-0.4, -0.2) is 67.7 Å². The number of amides is 1. The number of ether oxygens (including phenoxy) is 4. The summed E-state index contributed by atoms with van der Waals surface area (Å²) in [4.78, 5) is 25.9. The fourth-order valence-corrected chi connectivity index (χ4v) is 4.43. The number of aliphatic carboxylic acids is 1. The van der Waals surface area contributed by atoms with Crippen LogP contribution in [0.2, 0.25) is 0 Å². The summed E-state index contributed by atoms with van der Waals surface area (Å²) in [6.07, 6.45) is 5.49. The lowest BCUT2D eigenvalue weighted by Gasteiger charge is -2.22. The summed E-state index contributed by atoms with van der Waals surface area (Å²) < 4.78 is 22.6. The van der Waals surface area contributed by atoms with E-state index in [4.69, 9.17) is 18.9 Å². The van der Waals surface area contributed by atoms with Crippen LogP contribution >= 0.6 is 0 Å². The van der Waals surface area contributed by atoms with Gasteiger partial charge in [-0.25, -0.2) is 9.59 Å².